The summed E-state index contributed by atoms with van der Waals surface area (Å²) in [5, 5.41) is 20.7. The second kappa shape index (κ2) is 14.1. The molecule has 0 aromatic rings. The van der Waals surface area contributed by atoms with E-state index >= 15 is 0 Å². The normalized spacial score (nSPS) is 55.7. The van der Waals surface area contributed by atoms with E-state index in [0.717, 1.165) is 49.7 Å². The maximum absolute atomic E-state index is 14.0. The van der Waals surface area contributed by atoms with Crippen LogP contribution >= 0.6 is 0 Å². The summed E-state index contributed by atoms with van der Waals surface area (Å²) in [4.78, 5) is 14.0. The van der Waals surface area contributed by atoms with Gasteiger partial charge < -0.3 is 57.6 Å². The molecule has 11 fully saturated rings. The maximum Gasteiger partial charge on any atom is 0.308 e. The van der Waals surface area contributed by atoms with Gasteiger partial charge in [0.15, 0.2) is 5.79 Å². The average Bonchev–Trinajstić information content (AvgIpc) is 3.73. The summed E-state index contributed by atoms with van der Waals surface area (Å²) in [5.41, 5.74) is 2.13. The van der Waals surface area contributed by atoms with Crippen molar-refractivity contribution < 1.29 is 62.4 Å². The van der Waals surface area contributed by atoms with Crippen LogP contribution in [0.3, 0.4) is 0 Å². The van der Waals surface area contributed by atoms with Gasteiger partial charge in [0.25, 0.3) is 0 Å². The molecule has 0 aromatic heterocycles. The van der Waals surface area contributed by atoms with Crippen molar-refractivity contribution in [1.29, 1.82) is 0 Å². The van der Waals surface area contributed by atoms with E-state index < -0.39 is 54.6 Å². The summed E-state index contributed by atoms with van der Waals surface area (Å²) in [6.45, 7) is 12.8. The lowest BCUT2D eigenvalue weighted by molar-refractivity contribution is -0.293. The molecular formula is C41H58O13. The quantitative estimate of drug-likeness (QED) is 0.298. The molecule has 1 spiro atoms. The first-order valence-corrected chi connectivity index (χ1v) is 20.8. The number of aliphatic hydroxyl groups is 2. The van der Waals surface area contributed by atoms with Crippen LogP contribution in [0.2, 0.25) is 0 Å². The predicted octanol–water partition coefficient (Wildman–Crippen LogP) is 3.20. The van der Waals surface area contributed by atoms with Crippen molar-refractivity contribution in [2.75, 3.05) is 6.61 Å². The van der Waals surface area contributed by atoms with Gasteiger partial charge in [0, 0.05) is 31.6 Å². The molecule has 0 unspecified atom stereocenters. The first-order valence-electron chi connectivity index (χ1n) is 20.8. The molecule has 11 aliphatic heterocycles. The van der Waals surface area contributed by atoms with Crippen molar-refractivity contribution in [3.05, 3.63) is 24.3 Å². The molecule has 11 heterocycles. The fourth-order valence-corrected chi connectivity index (χ4v) is 11.7. The van der Waals surface area contributed by atoms with Gasteiger partial charge in [0.05, 0.1) is 80.2 Å². The molecule has 12 bridgehead atoms. The minimum Gasteiger partial charge on any atom is -0.459 e. The molecule has 54 heavy (non-hydrogen) atoms. The van der Waals surface area contributed by atoms with Crippen LogP contribution in [-0.2, 0) is 52.2 Å². The van der Waals surface area contributed by atoms with Crippen molar-refractivity contribution in [1.82, 2.24) is 0 Å². The van der Waals surface area contributed by atoms with E-state index in [0.29, 0.717) is 32.1 Å². The lowest BCUT2D eigenvalue weighted by atomic mass is 9.79. The zero-order chi connectivity index (χ0) is 37.0. The van der Waals surface area contributed by atoms with Crippen LogP contribution in [0.15, 0.2) is 24.3 Å². The highest BCUT2D eigenvalue weighted by Gasteiger charge is 2.69. The molecule has 13 nitrogen and oxygen atoms in total. The van der Waals surface area contributed by atoms with Gasteiger partial charge in [-0.25, -0.2) is 0 Å². The Kier molecular flexibility index (Phi) is 9.62. The van der Waals surface area contributed by atoms with Crippen LogP contribution in [0.4, 0.5) is 0 Å². The van der Waals surface area contributed by atoms with E-state index in [2.05, 4.69) is 20.1 Å². The number of hydrogen-bond acceptors (Lipinski definition) is 13. The Morgan fingerprint density at radius 3 is 2.26 bits per heavy atom. The standard InChI is InChI=1S/C41H58O13/c1-18-11-22-5-7-26-19(2)12-24(45-26)9-10-41-16-31-37(53-41)38-39(50-31)40(54-41)36-27(49-38)8-6-23(47-36)13-33(44)52-35-21(4)34-29(14-25(43)32(17-42)51-34)48-30(35)15-28(46-22)20(18)3/h18,21-32,34-40,42-43H,2-3,5-17H2,1,4H3/t18-,21+,22+,23-,24+,25-,26+,27+,28-,29+,30+,31+,32-,34+,35-,36+,37+,38+,39-,40+,41+/m1/s1. The first kappa shape index (κ1) is 36.8. The summed E-state index contributed by atoms with van der Waals surface area (Å²) in [7, 11) is 0. The maximum atomic E-state index is 14.0. The molecule has 2 N–H and O–H groups in total. The molecule has 13 heteroatoms. The largest absolute Gasteiger partial charge is 0.459 e. The topological polar surface area (TPSA) is 150 Å². The van der Waals surface area contributed by atoms with Crippen molar-refractivity contribution in [3.63, 3.8) is 0 Å². The second-order valence-corrected chi connectivity index (χ2v) is 18.1. The highest BCUT2D eigenvalue weighted by Crippen LogP contribution is 2.54. The Labute approximate surface area is 317 Å². The first-order chi connectivity index (χ1) is 26.0. The van der Waals surface area contributed by atoms with Crippen LogP contribution in [0, 0.1) is 11.8 Å². The number of ether oxygens (including phenoxy) is 10. The lowest BCUT2D eigenvalue weighted by Gasteiger charge is -2.51. The summed E-state index contributed by atoms with van der Waals surface area (Å²) in [6.07, 6.45) is 1.52. The van der Waals surface area contributed by atoms with E-state index in [1.54, 1.807) is 0 Å². The number of rotatable bonds is 1. The highest BCUT2D eigenvalue weighted by molar-refractivity contribution is 5.70. The molecule has 0 aliphatic carbocycles. The van der Waals surface area contributed by atoms with Crippen molar-refractivity contribution in [2.24, 2.45) is 11.8 Å². The van der Waals surface area contributed by atoms with Crippen molar-refractivity contribution >= 4 is 5.97 Å². The molecular weight excluding hydrogens is 700 g/mol. The number of carbonyl (C=O) groups is 1. The summed E-state index contributed by atoms with van der Waals surface area (Å²) in [5.74, 6) is -1.22. The molecule has 21 atom stereocenters. The van der Waals surface area contributed by atoms with Gasteiger partial charge >= 0.3 is 5.97 Å². The van der Waals surface area contributed by atoms with Gasteiger partial charge in [-0.3, -0.25) is 4.79 Å². The molecule has 0 aromatic carbocycles. The average molecular weight is 759 g/mol. The highest BCUT2D eigenvalue weighted by atomic mass is 16.8. The van der Waals surface area contributed by atoms with E-state index in [1.165, 1.54) is 0 Å². The van der Waals surface area contributed by atoms with Gasteiger partial charge in [-0.15, -0.1) is 0 Å². The van der Waals surface area contributed by atoms with Crippen molar-refractivity contribution in [2.45, 2.75) is 207 Å². The summed E-state index contributed by atoms with van der Waals surface area (Å²) in [6, 6.07) is 0. The van der Waals surface area contributed by atoms with Crippen LogP contribution in [-0.4, -0.2) is 138 Å². The number of esters is 1. The molecule has 11 rings (SSSR count). The van der Waals surface area contributed by atoms with Crippen molar-refractivity contribution in [3.8, 4) is 0 Å². The SMILES string of the molecule is C=C1C[C@@H]2CC[C@@]34C[C@@H]5O[C@@H]6[C@@H](O[C@H]7CC[C@H](CC(=O)O[C@@H]8[C@@H](C)[C@@H]9O[C@H](CO)[C@H](O)C[C@@H]9O[C@H]8C[C@H]8O[C@@H](CC[C@@H]1O2)C[C@@H](C)C8=C)O[C@@H]7[C@@H]6O3)[C@H]5O4. The molecule has 300 valence electrons. The zero-order valence-electron chi connectivity index (χ0n) is 31.5. The third-order valence-corrected chi connectivity index (χ3v) is 14.6. The smallest absolute Gasteiger partial charge is 0.308 e. The minimum atomic E-state index is -0.863. The fraction of sp³-hybridized carbons (Fsp3) is 0.878. The van der Waals surface area contributed by atoms with Gasteiger partial charge in [-0.2, -0.15) is 0 Å². The third kappa shape index (κ3) is 6.36. The van der Waals surface area contributed by atoms with E-state index in [4.69, 9.17) is 47.4 Å². The Morgan fingerprint density at radius 1 is 0.667 bits per heavy atom. The molecule has 0 amide bonds. The van der Waals surface area contributed by atoms with Gasteiger partial charge in [0.2, 0.25) is 0 Å². The lowest BCUT2D eigenvalue weighted by Crippen LogP contribution is -2.62. The van der Waals surface area contributed by atoms with Gasteiger partial charge in [-0.1, -0.05) is 27.0 Å². The minimum absolute atomic E-state index is 0.000828. The Bertz CT molecular complexity index is 1470. The summed E-state index contributed by atoms with van der Waals surface area (Å²) >= 11 is 0. The van der Waals surface area contributed by atoms with Crippen LogP contribution in [0.5, 0.6) is 0 Å². The Morgan fingerprint density at radius 2 is 1.41 bits per heavy atom. The van der Waals surface area contributed by atoms with Crippen LogP contribution in [0.25, 0.3) is 0 Å². The monoisotopic (exact) mass is 758 g/mol. The van der Waals surface area contributed by atoms with Gasteiger partial charge in [0.1, 0.15) is 42.7 Å². The van der Waals surface area contributed by atoms with Crippen LogP contribution < -0.4 is 0 Å². The van der Waals surface area contributed by atoms with E-state index in [-0.39, 0.29) is 91.9 Å². The molecule has 11 saturated heterocycles. The third-order valence-electron chi connectivity index (χ3n) is 14.6. The molecule has 0 saturated carbocycles. The number of hydrogen-bond donors (Lipinski definition) is 2. The zero-order valence-corrected chi connectivity index (χ0v) is 31.5. The second-order valence-electron chi connectivity index (χ2n) is 18.1. The van der Waals surface area contributed by atoms with Crippen LogP contribution in [0.1, 0.15) is 90.9 Å². The summed E-state index contributed by atoms with van der Waals surface area (Å²) < 4.78 is 66.5. The fourth-order valence-electron chi connectivity index (χ4n) is 11.7. The Balaban J connectivity index is 0.938. The number of fused-ring (bicyclic) bond motifs is 7. The molecule has 0 radical (unpaired) electrons. The number of carbonyl (C=O) groups excluding carboxylic acids is 1. The molecule has 11 aliphatic rings. The van der Waals surface area contributed by atoms with Gasteiger partial charge in [-0.05, 0) is 62.0 Å². The Hall–Kier alpha value is -1.49. The predicted molar refractivity (Wildman–Crippen MR) is 188 cm³/mol. The van der Waals surface area contributed by atoms with E-state index in [9.17, 15) is 15.0 Å². The number of aliphatic hydroxyl groups excluding tert-OH is 2. The van der Waals surface area contributed by atoms with E-state index in [1.807, 2.05) is 6.92 Å².